The fourth-order valence-corrected chi connectivity index (χ4v) is 1.52. The molecule has 0 spiro atoms. The molecule has 1 rings (SSSR count). The summed E-state index contributed by atoms with van der Waals surface area (Å²) < 4.78 is 0. The van der Waals surface area contributed by atoms with Crippen LogP contribution < -0.4 is 0 Å². The minimum Gasteiger partial charge on any atom is -0.479 e. The monoisotopic (exact) mass is 228 g/mol. The highest BCUT2D eigenvalue weighted by atomic mass is 16.4. The van der Waals surface area contributed by atoms with E-state index in [0.717, 1.165) is 0 Å². The number of hydrogen-bond acceptors (Lipinski definition) is 4. The molecule has 7 heteroatoms. The molecule has 0 radical (unpaired) electrons. The number of aliphatic carboxylic acids is 1. The van der Waals surface area contributed by atoms with E-state index in [1.165, 1.54) is 11.1 Å². The zero-order valence-electron chi connectivity index (χ0n) is 8.88. The van der Waals surface area contributed by atoms with Crippen LogP contribution in [-0.2, 0) is 9.59 Å². The molecule has 0 aliphatic carbocycles. The van der Waals surface area contributed by atoms with Crippen LogP contribution >= 0.6 is 0 Å². The third kappa shape index (κ3) is 2.13. The molecule has 1 saturated heterocycles. The normalized spacial score (nSPS) is 22.6. The average molecular weight is 228 g/mol. The number of amides is 1. The van der Waals surface area contributed by atoms with Gasteiger partial charge in [-0.05, 0) is 0 Å². The van der Waals surface area contributed by atoms with Crippen LogP contribution in [0.1, 0.15) is 0 Å². The van der Waals surface area contributed by atoms with Crippen LogP contribution in [0.15, 0.2) is 11.8 Å². The quantitative estimate of drug-likeness (QED) is 0.615. The molecular weight excluding hydrogens is 216 g/mol. The van der Waals surface area contributed by atoms with Gasteiger partial charge in [-0.1, -0.05) is 0 Å². The highest BCUT2D eigenvalue weighted by Crippen LogP contribution is 2.21. The summed E-state index contributed by atoms with van der Waals surface area (Å²) in [5.41, 5.74) is -0.0140. The summed E-state index contributed by atoms with van der Waals surface area (Å²) in [6, 6.07) is -1.41. The first-order valence-electron chi connectivity index (χ1n) is 4.48. The van der Waals surface area contributed by atoms with E-state index in [0.29, 0.717) is 4.90 Å². The lowest BCUT2D eigenvalue weighted by Crippen LogP contribution is -2.40. The second-order valence-electron chi connectivity index (χ2n) is 3.62. The molecule has 1 unspecified atom stereocenters. The summed E-state index contributed by atoms with van der Waals surface area (Å²) in [4.78, 5) is 35.3. The number of carbonyl (C=O) groups excluding carboxylic acids is 1. The van der Waals surface area contributed by atoms with Crippen LogP contribution in [0.2, 0.25) is 0 Å². The second kappa shape index (κ2) is 4.21. The van der Waals surface area contributed by atoms with E-state index in [4.69, 9.17) is 10.2 Å². The Morgan fingerprint density at radius 2 is 2.00 bits per heavy atom. The van der Waals surface area contributed by atoms with Crippen molar-refractivity contribution in [3.8, 4) is 0 Å². The van der Waals surface area contributed by atoms with Crippen molar-refractivity contribution in [1.82, 2.24) is 9.80 Å². The average Bonchev–Trinajstić information content (AvgIpc) is 2.43. The molecule has 0 aromatic heterocycles. The number of carboxylic acids is 1. The molecule has 7 nitrogen and oxygen atoms in total. The van der Waals surface area contributed by atoms with E-state index < -0.39 is 30.4 Å². The number of carbonyl (C=O) groups is 3. The lowest BCUT2D eigenvalue weighted by atomic mass is 10.1. The van der Waals surface area contributed by atoms with Gasteiger partial charge in [0.1, 0.15) is 0 Å². The minimum absolute atomic E-state index is 0.0140. The largest absolute Gasteiger partial charge is 0.479 e. The van der Waals surface area contributed by atoms with Gasteiger partial charge in [0, 0.05) is 25.9 Å². The molecule has 1 atom stereocenters. The molecule has 1 heterocycles. The first-order valence-corrected chi connectivity index (χ1v) is 4.48. The van der Waals surface area contributed by atoms with E-state index >= 15 is 0 Å². The Labute approximate surface area is 91.6 Å². The van der Waals surface area contributed by atoms with Crippen molar-refractivity contribution in [2.75, 3.05) is 20.6 Å². The van der Waals surface area contributed by atoms with Crippen molar-refractivity contribution in [1.29, 1.82) is 0 Å². The molecule has 16 heavy (non-hydrogen) atoms. The number of likely N-dealkylation sites (tertiary alicyclic amines) is 1. The fourth-order valence-electron chi connectivity index (χ4n) is 1.52. The van der Waals surface area contributed by atoms with Crippen molar-refractivity contribution >= 4 is 17.8 Å². The Kier molecular flexibility index (Phi) is 3.17. The zero-order valence-corrected chi connectivity index (χ0v) is 8.88. The molecule has 2 N–H and O–H groups in total. The standard InChI is InChI=1S/C9H12N2O5/c1-10(2)3-5-6(12)4-11(9(15)16)7(5)8(13)14/h3,7H,4H2,1-2H3,(H,13,14)(H,15,16)/b5-3+. The number of ketones is 1. The number of carboxylic acid groups (broad SMARTS) is 2. The Morgan fingerprint density at radius 1 is 1.44 bits per heavy atom. The van der Waals surface area contributed by atoms with Gasteiger partial charge in [0.05, 0.1) is 6.54 Å². The van der Waals surface area contributed by atoms with Gasteiger partial charge in [-0.15, -0.1) is 0 Å². The number of hydrogen-bond donors (Lipinski definition) is 2. The third-order valence-electron chi connectivity index (χ3n) is 2.12. The van der Waals surface area contributed by atoms with Crippen LogP contribution in [0.5, 0.6) is 0 Å². The summed E-state index contributed by atoms with van der Waals surface area (Å²) in [5, 5.41) is 17.7. The predicted molar refractivity (Wildman–Crippen MR) is 52.9 cm³/mol. The van der Waals surface area contributed by atoms with E-state index in [2.05, 4.69) is 0 Å². The topological polar surface area (TPSA) is 98.2 Å². The van der Waals surface area contributed by atoms with Crippen molar-refractivity contribution < 1.29 is 24.6 Å². The molecule has 1 aliphatic heterocycles. The van der Waals surface area contributed by atoms with Crippen LogP contribution in [0.3, 0.4) is 0 Å². The maximum Gasteiger partial charge on any atom is 0.408 e. The fraction of sp³-hybridized carbons (Fsp3) is 0.444. The molecule has 0 aromatic carbocycles. The van der Waals surface area contributed by atoms with Gasteiger partial charge in [-0.2, -0.15) is 0 Å². The predicted octanol–water partition coefficient (Wildman–Crippen LogP) is -0.552. The maximum absolute atomic E-state index is 11.5. The van der Waals surface area contributed by atoms with Gasteiger partial charge < -0.3 is 15.1 Å². The van der Waals surface area contributed by atoms with Gasteiger partial charge in [0.2, 0.25) is 0 Å². The molecule has 1 aliphatic rings. The van der Waals surface area contributed by atoms with Gasteiger partial charge >= 0.3 is 12.1 Å². The summed E-state index contributed by atoms with van der Waals surface area (Å²) in [5.74, 6) is -1.83. The molecule has 0 aromatic rings. The van der Waals surface area contributed by atoms with Crippen molar-refractivity contribution in [2.24, 2.45) is 0 Å². The lowest BCUT2D eigenvalue weighted by Gasteiger charge is -2.17. The molecule has 1 amide bonds. The van der Waals surface area contributed by atoms with Gasteiger partial charge in [0.25, 0.3) is 0 Å². The summed E-state index contributed by atoms with van der Waals surface area (Å²) in [7, 11) is 3.26. The van der Waals surface area contributed by atoms with Gasteiger partial charge in [-0.3, -0.25) is 9.69 Å². The van der Waals surface area contributed by atoms with Crippen LogP contribution in [0.25, 0.3) is 0 Å². The first kappa shape index (κ1) is 12.0. The second-order valence-corrected chi connectivity index (χ2v) is 3.62. The van der Waals surface area contributed by atoms with Gasteiger partial charge in [0.15, 0.2) is 11.8 Å². The highest BCUT2D eigenvalue weighted by molar-refractivity contribution is 6.08. The van der Waals surface area contributed by atoms with E-state index in [-0.39, 0.29) is 5.57 Å². The minimum atomic E-state index is -1.41. The molecular formula is C9H12N2O5. The lowest BCUT2D eigenvalue weighted by molar-refractivity contribution is -0.140. The first-order chi connectivity index (χ1) is 7.34. The molecule has 1 fully saturated rings. The number of nitrogens with zero attached hydrogens (tertiary/aromatic N) is 2. The Morgan fingerprint density at radius 3 is 2.38 bits per heavy atom. The van der Waals surface area contributed by atoms with Crippen molar-refractivity contribution in [3.05, 3.63) is 11.8 Å². The third-order valence-corrected chi connectivity index (χ3v) is 2.12. The maximum atomic E-state index is 11.5. The van der Waals surface area contributed by atoms with E-state index in [1.807, 2.05) is 0 Å². The van der Waals surface area contributed by atoms with Crippen LogP contribution in [-0.4, -0.2) is 64.5 Å². The SMILES string of the molecule is CN(C)/C=C1\C(=O)CN(C(=O)O)C1C(=O)O. The van der Waals surface area contributed by atoms with Crippen LogP contribution in [0, 0.1) is 0 Å². The summed E-state index contributed by atoms with van der Waals surface area (Å²) in [6.07, 6.45) is -0.0766. The van der Waals surface area contributed by atoms with E-state index in [1.54, 1.807) is 14.1 Å². The molecule has 88 valence electrons. The smallest absolute Gasteiger partial charge is 0.408 e. The van der Waals surface area contributed by atoms with Crippen molar-refractivity contribution in [3.63, 3.8) is 0 Å². The Balaban J connectivity index is 3.13. The Bertz CT molecular complexity index is 374. The Hall–Kier alpha value is -2.05. The molecule has 0 bridgehead atoms. The van der Waals surface area contributed by atoms with Gasteiger partial charge in [-0.25, -0.2) is 9.59 Å². The van der Waals surface area contributed by atoms with E-state index in [9.17, 15) is 14.4 Å². The number of Topliss-reactive ketones (excluding diaryl/α,β-unsaturated/α-hetero) is 1. The van der Waals surface area contributed by atoms with Crippen LogP contribution in [0.4, 0.5) is 4.79 Å². The number of rotatable bonds is 2. The molecule has 0 saturated carbocycles. The summed E-state index contributed by atoms with van der Waals surface area (Å²) >= 11 is 0. The summed E-state index contributed by atoms with van der Waals surface area (Å²) in [6.45, 7) is -0.411. The zero-order chi connectivity index (χ0) is 12.5. The van der Waals surface area contributed by atoms with Crippen molar-refractivity contribution in [2.45, 2.75) is 6.04 Å². The highest BCUT2D eigenvalue weighted by Gasteiger charge is 2.43.